The molecule has 0 bridgehead atoms. The Labute approximate surface area is 188 Å². The lowest BCUT2D eigenvalue weighted by atomic mass is 10.1. The van der Waals surface area contributed by atoms with Crippen molar-refractivity contribution in [3.63, 3.8) is 0 Å². The zero-order chi connectivity index (χ0) is 23.3. The van der Waals surface area contributed by atoms with Gasteiger partial charge in [-0.25, -0.2) is 21.6 Å². The number of hydrogen-bond donors (Lipinski definition) is 1. The van der Waals surface area contributed by atoms with E-state index < -0.39 is 19.9 Å². The van der Waals surface area contributed by atoms with Crippen LogP contribution >= 0.6 is 0 Å². The molecule has 2 aromatic rings. The molecule has 1 atom stereocenters. The van der Waals surface area contributed by atoms with Crippen LogP contribution in [0.1, 0.15) is 52.6 Å². The number of carbonyl (C=O) groups excluding carboxylic acids is 1. The van der Waals surface area contributed by atoms with Gasteiger partial charge in [0.25, 0.3) is 5.91 Å². The number of nitrogens with zero attached hydrogens (tertiary/aromatic N) is 3. The van der Waals surface area contributed by atoms with Gasteiger partial charge in [-0.1, -0.05) is 0 Å². The molecule has 1 aromatic heterocycles. The van der Waals surface area contributed by atoms with Crippen LogP contribution in [0.25, 0.3) is 0 Å². The Hall–Kier alpha value is -2.24. The number of nitrogens with one attached hydrogen (secondary N) is 1. The number of sulfone groups is 1. The Morgan fingerprint density at radius 3 is 2.41 bits per heavy atom. The highest BCUT2D eigenvalue weighted by Crippen LogP contribution is 2.27. The van der Waals surface area contributed by atoms with Crippen molar-refractivity contribution >= 4 is 25.8 Å². The van der Waals surface area contributed by atoms with Gasteiger partial charge < -0.3 is 4.90 Å². The molecule has 1 aromatic carbocycles. The van der Waals surface area contributed by atoms with E-state index in [1.54, 1.807) is 16.6 Å². The predicted molar refractivity (Wildman–Crippen MR) is 120 cm³/mol. The summed E-state index contributed by atoms with van der Waals surface area (Å²) in [5.41, 5.74) is 2.90. The van der Waals surface area contributed by atoms with Crippen LogP contribution in [0, 0.1) is 13.8 Å². The first-order valence-corrected chi connectivity index (χ1v) is 13.9. The number of sulfonamides is 1. The molecule has 1 N–H and O–H groups in total. The molecular weight excluding hydrogens is 452 g/mol. The summed E-state index contributed by atoms with van der Waals surface area (Å²) in [4.78, 5) is 14.6. The lowest BCUT2D eigenvalue weighted by molar-refractivity contribution is 0.0784. The quantitative estimate of drug-likeness (QED) is 0.643. The fourth-order valence-corrected chi connectivity index (χ4v) is 7.04. The molecule has 2 fully saturated rings. The molecule has 32 heavy (non-hydrogen) atoms. The number of amides is 1. The number of carbonyl (C=O) groups is 1. The maximum absolute atomic E-state index is 12.9. The van der Waals surface area contributed by atoms with E-state index in [-0.39, 0.29) is 34.4 Å². The third-order valence-corrected chi connectivity index (χ3v) is 9.37. The van der Waals surface area contributed by atoms with Crippen molar-refractivity contribution in [1.29, 1.82) is 0 Å². The highest BCUT2D eigenvalue weighted by atomic mass is 32.2. The Morgan fingerprint density at radius 1 is 1.19 bits per heavy atom. The van der Waals surface area contributed by atoms with Gasteiger partial charge in [0.2, 0.25) is 10.0 Å². The summed E-state index contributed by atoms with van der Waals surface area (Å²) in [6.07, 6.45) is 2.25. The fraction of sp³-hybridized carbons (Fsp3) is 0.524. The predicted octanol–water partition coefficient (Wildman–Crippen LogP) is 1.57. The average Bonchev–Trinajstić information content (AvgIpc) is 3.40. The summed E-state index contributed by atoms with van der Waals surface area (Å²) in [6, 6.07) is 5.78. The molecule has 0 radical (unpaired) electrons. The summed E-state index contributed by atoms with van der Waals surface area (Å²) >= 11 is 0. The Balaban J connectivity index is 1.47. The lowest BCUT2D eigenvalue weighted by Crippen LogP contribution is -2.27. The van der Waals surface area contributed by atoms with Crippen molar-refractivity contribution in [2.24, 2.45) is 0 Å². The molecule has 11 heteroatoms. The van der Waals surface area contributed by atoms with Gasteiger partial charge in [0.15, 0.2) is 9.84 Å². The summed E-state index contributed by atoms with van der Waals surface area (Å²) in [7, 11) is -4.91. The van der Waals surface area contributed by atoms with Crippen LogP contribution < -0.4 is 4.72 Å². The largest absolute Gasteiger partial charge is 0.337 e. The van der Waals surface area contributed by atoms with Gasteiger partial charge in [-0.2, -0.15) is 5.10 Å². The average molecular weight is 481 g/mol. The maximum Gasteiger partial charge on any atom is 0.253 e. The van der Waals surface area contributed by atoms with E-state index in [0.29, 0.717) is 18.5 Å². The number of aromatic nitrogens is 2. The second kappa shape index (κ2) is 8.27. The molecule has 174 valence electrons. The molecule has 2 aliphatic rings. The van der Waals surface area contributed by atoms with E-state index in [1.807, 2.05) is 13.8 Å². The van der Waals surface area contributed by atoms with Crippen molar-refractivity contribution in [1.82, 2.24) is 19.4 Å². The monoisotopic (exact) mass is 480 g/mol. The smallest absolute Gasteiger partial charge is 0.253 e. The Kier molecular flexibility index (Phi) is 5.93. The summed E-state index contributed by atoms with van der Waals surface area (Å²) in [5, 5.41) is 4.55. The Bertz CT molecular complexity index is 1250. The number of rotatable bonds is 7. The first kappa shape index (κ1) is 22.9. The van der Waals surface area contributed by atoms with E-state index in [1.165, 1.54) is 24.3 Å². The molecule has 4 rings (SSSR count). The van der Waals surface area contributed by atoms with Crippen LogP contribution in [0.3, 0.4) is 0 Å². The molecule has 1 saturated heterocycles. The molecule has 1 saturated carbocycles. The molecule has 2 heterocycles. The molecule has 0 spiro atoms. The summed E-state index contributed by atoms with van der Waals surface area (Å²) in [6.45, 7) is 4.07. The molecule has 1 amide bonds. The van der Waals surface area contributed by atoms with E-state index >= 15 is 0 Å². The van der Waals surface area contributed by atoms with Crippen molar-refractivity contribution < 1.29 is 21.6 Å². The third kappa shape index (κ3) is 4.74. The van der Waals surface area contributed by atoms with Gasteiger partial charge in [0.05, 0.1) is 28.1 Å². The topological polar surface area (TPSA) is 118 Å². The third-order valence-electron chi connectivity index (χ3n) is 6.08. The van der Waals surface area contributed by atoms with Gasteiger partial charge in [0, 0.05) is 36.5 Å². The molecule has 9 nitrogen and oxygen atoms in total. The fourth-order valence-electron chi connectivity index (χ4n) is 4.04. The minimum absolute atomic E-state index is 0.0178. The van der Waals surface area contributed by atoms with Crippen LogP contribution in [0.15, 0.2) is 29.2 Å². The lowest BCUT2D eigenvalue weighted by Gasteiger charge is -2.18. The number of aryl methyl sites for hydroxylation is 1. The van der Waals surface area contributed by atoms with Crippen molar-refractivity contribution in [2.75, 3.05) is 18.6 Å². The first-order chi connectivity index (χ1) is 15.0. The molecule has 0 unspecified atom stereocenters. The summed E-state index contributed by atoms with van der Waals surface area (Å²) < 4.78 is 52.7. The Morgan fingerprint density at radius 2 is 1.84 bits per heavy atom. The van der Waals surface area contributed by atoms with Crippen molar-refractivity contribution in [2.45, 2.75) is 56.6 Å². The highest BCUT2D eigenvalue weighted by molar-refractivity contribution is 7.91. The first-order valence-electron chi connectivity index (χ1n) is 10.6. The van der Waals surface area contributed by atoms with Gasteiger partial charge in [0.1, 0.15) is 0 Å². The van der Waals surface area contributed by atoms with Crippen LogP contribution in [-0.2, 0) is 26.4 Å². The summed E-state index contributed by atoms with van der Waals surface area (Å²) in [5.74, 6) is 0.0266. The van der Waals surface area contributed by atoms with Crippen LogP contribution in [-0.4, -0.2) is 62.0 Å². The zero-order valence-electron chi connectivity index (χ0n) is 18.4. The van der Waals surface area contributed by atoms with Crippen LogP contribution in [0.2, 0.25) is 0 Å². The van der Waals surface area contributed by atoms with Gasteiger partial charge >= 0.3 is 0 Å². The van der Waals surface area contributed by atoms with Crippen LogP contribution in [0.5, 0.6) is 0 Å². The highest BCUT2D eigenvalue weighted by Gasteiger charge is 2.32. The van der Waals surface area contributed by atoms with Crippen molar-refractivity contribution in [3.05, 3.63) is 46.8 Å². The second-order valence-corrected chi connectivity index (χ2v) is 12.7. The van der Waals surface area contributed by atoms with Gasteiger partial charge in [-0.3, -0.25) is 9.48 Å². The van der Waals surface area contributed by atoms with E-state index in [4.69, 9.17) is 0 Å². The number of benzene rings is 1. The van der Waals surface area contributed by atoms with Crippen molar-refractivity contribution in [3.8, 4) is 0 Å². The SMILES string of the molecule is Cc1nn([C@@H]2CCS(=O)(=O)C2)c(C)c1CN(C)C(=O)c1ccc(S(=O)(=O)NC2CC2)cc1. The zero-order valence-corrected chi connectivity index (χ0v) is 20.0. The number of hydrogen-bond acceptors (Lipinski definition) is 6. The molecule has 1 aliphatic heterocycles. The minimum Gasteiger partial charge on any atom is -0.337 e. The van der Waals surface area contributed by atoms with Gasteiger partial charge in [-0.05, 0) is 57.4 Å². The standard InChI is InChI=1S/C21H28N4O5S2/c1-14-20(15(2)25(22-14)18-10-11-31(27,28)13-18)12-24(3)21(26)16-4-8-19(9-5-16)32(29,30)23-17-6-7-17/h4-5,8-9,17-18,23H,6-7,10-13H2,1-3H3/t18-/m1/s1. The molecule has 1 aliphatic carbocycles. The van der Waals surface area contributed by atoms with E-state index in [9.17, 15) is 21.6 Å². The minimum atomic E-state index is -3.56. The molecular formula is C21H28N4O5S2. The van der Waals surface area contributed by atoms with E-state index in [0.717, 1.165) is 29.8 Å². The normalized spacial score (nSPS) is 20.4. The van der Waals surface area contributed by atoms with Crippen LogP contribution in [0.4, 0.5) is 0 Å². The second-order valence-electron chi connectivity index (χ2n) is 8.73. The van der Waals surface area contributed by atoms with E-state index in [2.05, 4.69) is 9.82 Å². The maximum atomic E-state index is 12.9. The van der Waals surface area contributed by atoms with Gasteiger partial charge in [-0.15, -0.1) is 0 Å².